The molecule has 1 heterocycles. The van der Waals surface area contributed by atoms with Gasteiger partial charge < -0.3 is 4.74 Å². The number of piperidine rings is 1. The predicted octanol–water partition coefficient (Wildman–Crippen LogP) is 1.12. The van der Waals surface area contributed by atoms with Crippen LogP contribution in [0.3, 0.4) is 0 Å². The van der Waals surface area contributed by atoms with Crippen LogP contribution in [0.2, 0.25) is 0 Å². The van der Waals surface area contributed by atoms with Crippen LogP contribution in [0, 0.1) is 5.92 Å². The Bertz CT molecular complexity index is 377. The van der Waals surface area contributed by atoms with E-state index in [1.807, 2.05) is 6.92 Å². The van der Waals surface area contributed by atoms with Crippen LogP contribution in [0.25, 0.3) is 0 Å². The molecular weight excluding hydrogens is 252 g/mol. The molecule has 0 radical (unpaired) electrons. The fourth-order valence-corrected chi connectivity index (χ4v) is 4.53. The summed E-state index contributed by atoms with van der Waals surface area (Å²) in [6.45, 7) is 3.85. The lowest BCUT2D eigenvalue weighted by Crippen LogP contribution is -2.56. The molecule has 1 N–H and O–H groups in total. The van der Waals surface area contributed by atoms with Gasteiger partial charge in [0.1, 0.15) is 0 Å². The van der Waals surface area contributed by atoms with E-state index >= 15 is 0 Å². The van der Waals surface area contributed by atoms with Crippen LogP contribution in [0.5, 0.6) is 0 Å². The second-order valence-corrected chi connectivity index (χ2v) is 7.51. The van der Waals surface area contributed by atoms with Gasteiger partial charge in [0.25, 0.3) is 10.2 Å². The molecule has 0 aromatic heterocycles. The molecular formula is C12H24N2O3S. The third-order valence-electron chi connectivity index (χ3n) is 4.06. The molecule has 2 aliphatic rings. The molecule has 0 aromatic rings. The Morgan fingerprint density at radius 1 is 1.39 bits per heavy atom. The Morgan fingerprint density at radius 3 is 2.67 bits per heavy atom. The quantitative estimate of drug-likeness (QED) is 0.818. The number of rotatable bonds is 5. The first-order valence-corrected chi connectivity index (χ1v) is 8.17. The average molecular weight is 276 g/mol. The molecule has 1 saturated heterocycles. The molecule has 1 aliphatic heterocycles. The molecule has 106 valence electrons. The zero-order chi connectivity index (χ0) is 13.2. The zero-order valence-corrected chi connectivity index (χ0v) is 12.1. The largest absolute Gasteiger partial charge is 0.384 e. The van der Waals surface area contributed by atoms with Crippen molar-refractivity contribution < 1.29 is 13.2 Å². The van der Waals surface area contributed by atoms with Crippen LogP contribution in [0.1, 0.15) is 39.0 Å². The van der Waals surface area contributed by atoms with E-state index < -0.39 is 10.2 Å². The Kier molecular flexibility index (Phi) is 4.31. The number of methoxy groups -OCH3 is 1. The molecule has 0 spiro atoms. The fourth-order valence-electron chi connectivity index (χ4n) is 2.80. The van der Waals surface area contributed by atoms with Gasteiger partial charge in [-0.2, -0.15) is 17.4 Å². The number of hydrogen-bond donors (Lipinski definition) is 1. The van der Waals surface area contributed by atoms with E-state index in [0.717, 1.165) is 32.1 Å². The molecule has 1 atom stereocenters. The van der Waals surface area contributed by atoms with E-state index in [1.165, 1.54) is 0 Å². The van der Waals surface area contributed by atoms with E-state index in [4.69, 9.17) is 4.74 Å². The molecule has 2 fully saturated rings. The van der Waals surface area contributed by atoms with Crippen molar-refractivity contribution in [2.75, 3.05) is 26.8 Å². The highest BCUT2D eigenvalue weighted by molar-refractivity contribution is 7.87. The second kappa shape index (κ2) is 5.45. The van der Waals surface area contributed by atoms with E-state index in [1.54, 1.807) is 11.4 Å². The highest BCUT2D eigenvalue weighted by atomic mass is 32.2. The molecule has 5 nitrogen and oxygen atoms in total. The lowest BCUT2D eigenvalue weighted by molar-refractivity contribution is 0.117. The maximum absolute atomic E-state index is 12.3. The maximum Gasteiger partial charge on any atom is 0.279 e. The van der Waals surface area contributed by atoms with Crippen molar-refractivity contribution in [3.05, 3.63) is 0 Å². The van der Waals surface area contributed by atoms with Gasteiger partial charge in [-0.1, -0.05) is 0 Å². The number of hydrogen-bond acceptors (Lipinski definition) is 3. The van der Waals surface area contributed by atoms with Gasteiger partial charge in [0.15, 0.2) is 0 Å². The Hall–Kier alpha value is -0.170. The lowest BCUT2D eigenvalue weighted by atomic mass is 9.80. The van der Waals surface area contributed by atoms with Crippen LogP contribution in [-0.4, -0.2) is 45.1 Å². The first-order valence-electron chi connectivity index (χ1n) is 6.73. The molecule has 1 saturated carbocycles. The molecule has 6 heteroatoms. The summed E-state index contributed by atoms with van der Waals surface area (Å²) in [6.07, 6.45) is 4.98. The minimum absolute atomic E-state index is 0.215. The van der Waals surface area contributed by atoms with Crippen LogP contribution >= 0.6 is 0 Å². The number of ether oxygens (including phenoxy) is 1. The van der Waals surface area contributed by atoms with Gasteiger partial charge in [-0.05, 0) is 44.9 Å². The summed E-state index contributed by atoms with van der Waals surface area (Å²) in [6, 6.07) is 0. The standard InChI is InChI=1S/C12H24N2O3S/c1-12(6-4-7-12)13-18(15,16)14-8-3-5-11(9-14)10-17-2/h11,13H,3-10H2,1-2H3. The van der Waals surface area contributed by atoms with E-state index in [-0.39, 0.29) is 5.54 Å². The smallest absolute Gasteiger partial charge is 0.279 e. The molecule has 1 unspecified atom stereocenters. The highest BCUT2D eigenvalue weighted by Crippen LogP contribution is 2.32. The summed E-state index contributed by atoms with van der Waals surface area (Å²) >= 11 is 0. The van der Waals surface area contributed by atoms with Gasteiger partial charge in [-0.3, -0.25) is 0 Å². The summed E-state index contributed by atoms with van der Waals surface area (Å²) in [5.41, 5.74) is -0.215. The normalized spacial score (nSPS) is 28.9. The third kappa shape index (κ3) is 3.23. The minimum Gasteiger partial charge on any atom is -0.384 e. The lowest BCUT2D eigenvalue weighted by Gasteiger charge is -2.41. The molecule has 0 amide bonds. The van der Waals surface area contributed by atoms with Gasteiger partial charge in [-0.25, -0.2) is 0 Å². The minimum atomic E-state index is -3.33. The van der Waals surface area contributed by atoms with Gasteiger partial charge in [0.2, 0.25) is 0 Å². The first-order chi connectivity index (χ1) is 8.45. The fraction of sp³-hybridized carbons (Fsp3) is 1.00. The molecule has 2 rings (SSSR count). The molecule has 1 aliphatic carbocycles. The van der Waals surface area contributed by atoms with Crippen molar-refractivity contribution in [2.45, 2.75) is 44.6 Å². The summed E-state index contributed by atoms with van der Waals surface area (Å²) in [5.74, 6) is 0.328. The van der Waals surface area contributed by atoms with Crippen LogP contribution < -0.4 is 4.72 Å². The Balaban J connectivity index is 1.96. The van der Waals surface area contributed by atoms with Crippen molar-refractivity contribution in [3.8, 4) is 0 Å². The summed E-state index contributed by atoms with van der Waals surface area (Å²) in [7, 11) is -1.66. The van der Waals surface area contributed by atoms with Crippen LogP contribution in [-0.2, 0) is 14.9 Å². The second-order valence-electron chi connectivity index (χ2n) is 5.84. The molecule has 0 bridgehead atoms. The number of nitrogens with zero attached hydrogens (tertiary/aromatic N) is 1. The van der Waals surface area contributed by atoms with Gasteiger partial charge in [0, 0.05) is 25.7 Å². The average Bonchev–Trinajstić information content (AvgIpc) is 2.27. The van der Waals surface area contributed by atoms with Gasteiger partial charge in [-0.15, -0.1) is 0 Å². The number of nitrogens with one attached hydrogen (secondary N) is 1. The van der Waals surface area contributed by atoms with E-state index in [9.17, 15) is 8.42 Å². The Labute approximate surface area is 110 Å². The first kappa shape index (κ1) is 14.2. The van der Waals surface area contributed by atoms with Gasteiger partial charge in [0.05, 0.1) is 6.61 Å². The third-order valence-corrected chi connectivity index (χ3v) is 5.82. The monoisotopic (exact) mass is 276 g/mol. The van der Waals surface area contributed by atoms with E-state index in [2.05, 4.69) is 4.72 Å². The predicted molar refractivity (Wildman–Crippen MR) is 70.5 cm³/mol. The summed E-state index contributed by atoms with van der Waals surface area (Å²) < 4.78 is 34.2. The highest BCUT2D eigenvalue weighted by Gasteiger charge is 2.39. The molecule has 18 heavy (non-hydrogen) atoms. The van der Waals surface area contributed by atoms with Crippen molar-refractivity contribution >= 4 is 10.2 Å². The maximum atomic E-state index is 12.3. The van der Waals surface area contributed by atoms with E-state index in [0.29, 0.717) is 25.6 Å². The summed E-state index contributed by atoms with van der Waals surface area (Å²) in [4.78, 5) is 0. The van der Waals surface area contributed by atoms with Crippen molar-refractivity contribution in [1.82, 2.24) is 9.03 Å². The van der Waals surface area contributed by atoms with Crippen molar-refractivity contribution in [3.63, 3.8) is 0 Å². The topological polar surface area (TPSA) is 58.6 Å². The van der Waals surface area contributed by atoms with Crippen molar-refractivity contribution in [2.24, 2.45) is 5.92 Å². The van der Waals surface area contributed by atoms with Gasteiger partial charge >= 0.3 is 0 Å². The molecule has 0 aromatic carbocycles. The summed E-state index contributed by atoms with van der Waals surface area (Å²) in [5, 5.41) is 0. The van der Waals surface area contributed by atoms with Crippen LogP contribution in [0.15, 0.2) is 0 Å². The van der Waals surface area contributed by atoms with Crippen LogP contribution in [0.4, 0.5) is 0 Å². The SMILES string of the molecule is COCC1CCCN(S(=O)(=O)NC2(C)CCC2)C1. The zero-order valence-electron chi connectivity index (χ0n) is 11.3. The Morgan fingerprint density at radius 2 is 2.11 bits per heavy atom. The van der Waals surface area contributed by atoms with Crippen molar-refractivity contribution in [1.29, 1.82) is 0 Å².